The van der Waals surface area contributed by atoms with Crippen LogP contribution < -0.4 is 0 Å². The van der Waals surface area contributed by atoms with Crippen molar-refractivity contribution in [3.8, 4) is 5.75 Å². The molecule has 2 N–H and O–H groups in total. The van der Waals surface area contributed by atoms with Crippen LogP contribution in [0.25, 0.3) is 0 Å². The number of nitrogens with zero attached hydrogens (tertiary/aromatic N) is 1. The molecule has 6 heteroatoms. The normalized spacial score (nSPS) is 19.0. The first-order valence-electron chi connectivity index (χ1n) is 11.6. The van der Waals surface area contributed by atoms with Crippen LogP contribution in [0.2, 0.25) is 0 Å². The molecule has 0 bridgehead atoms. The first-order valence-corrected chi connectivity index (χ1v) is 12.5. The smallest absolute Gasteiger partial charge is 0.182 e. The summed E-state index contributed by atoms with van der Waals surface area (Å²) in [6.45, 7) is 15.5. The first kappa shape index (κ1) is 27.6. The van der Waals surface area contributed by atoms with Crippen molar-refractivity contribution in [3.05, 3.63) is 51.2 Å². The summed E-state index contributed by atoms with van der Waals surface area (Å²) in [7, 11) is 0. The Balaban J connectivity index is 0.00000385. The lowest BCUT2D eigenvalue weighted by atomic mass is 9.78. The summed E-state index contributed by atoms with van der Waals surface area (Å²) >= 11 is 1.70. The Morgan fingerprint density at radius 3 is 2.18 bits per heavy atom. The maximum Gasteiger partial charge on any atom is 0.182 e. The molecule has 1 aromatic carbocycles. The van der Waals surface area contributed by atoms with Gasteiger partial charge < -0.3 is 10.0 Å². The van der Waals surface area contributed by atoms with Gasteiger partial charge in [0.2, 0.25) is 0 Å². The van der Waals surface area contributed by atoms with Crippen molar-refractivity contribution >= 4 is 39.9 Å². The lowest BCUT2D eigenvalue weighted by Gasteiger charge is -2.28. The molecule has 2 atom stereocenters. The van der Waals surface area contributed by atoms with Gasteiger partial charge in [0.25, 0.3) is 0 Å². The molecule has 1 aliphatic rings. The Bertz CT molecular complexity index is 952. The topological polar surface area (TPSA) is 64.4 Å². The van der Waals surface area contributed by atoms with Gasteiger partial charge in [-0.15, -0.1) is 28.3 Å². The highest BCUT2D eigenvalue weighted by atomic mass is 79.9. The third kappa shape index (κ3) is 5.89. The van der Waals surface area contributed by atoms with Crippen molar-refractivity contribution in [1.82, 2.24) is 4.90 Å². The van der Waals surface area contributed by atoms with E-state index in [2.05, 4.69) is 59.9 Å². The lowest BCUT2D eigenvalue weighted by molar-refractivity contribution is 0.0963. The molecule has 1 saturated heterocycles. The highest BCUT2D eigenvalue weighted by Crippen LogP contribution is 2.41. The lowest BCUT2D eigenvalue weighted by Crippen LogP contribution is -2.32. The van der Waals surface area contributed by atoms with Crippen LogP contribution in [-0.4, -0.2) is 34.7 Å². The van der Waals surface area contributed by atoms with Crippen molar-refractivity contribution in [2.75, 3.05) is 13.1 Å². The largest absolute Gasteiger partial charge is 0.507 e. The average Bonchev–Trinajstić information content (AvgIpc) is 3.29. The number of hydrogen-bond donors (Lipinski definition) is 2. The van der Waals surface area contributed by atoms with E-state index in [0.29, 0.717) is 17.3 Å². The monoisotopic (exact) mass is 534 g/mol. The molecule has 0 radical (unpaired) electrons. The molecule has 2 aromatic rings. The van der Waals surface area contributed by atoms with E-state index in [1.807, 2.05) is 23.1 Å². The molecule has 0 saturated carbocycles. The van der Waals surface area contributed by atoms with Crippen LogP contribution in [0.15, 0.2) is 29.6 Å². The number of ketones is 1. The highest BCUT2D eigenvalue weighted by Gasteiger charge is 2.39. The number of carbonyl (C=O) groups is 1. The zero-order chi connectivity index (χ0) is 23.8. The van der Waals surface area contributed by atoms with Crippen molar-refractivity contribution in [3.63, 3.8) is 0 Å². The molecule has 0 unspecified atom stereocenters. The number of hydrogen-bond acceptors (Lipinski definition) is 4. The van der Waals surface area contributed by atoms with E-state index in [4.69, 9.17) is 5.41 Å². The number of benzene rings is 1. The third-order valence-corrected chi connectivity index (χ3v) is 7.41. The predicted octanol–water partition coefficient (Wildman–Crippen LogP) is 7.30. The fourth-order valence-corrected chi connectivity index (χ4v) is 5.65. The number of nitrogens with one attached hydrogen (secondary N) is 1. The van der Waals surface area contributed by atoms with Crippen molar-refractivity contribution in [1.29, 1.82) is 5.41 Å². The van der Waals surface area contributed by atoms with Crippen molar-refractivity contribution in [2.24, 2.45) is 5.92 Å². The molecule has 1 fully saturated rings. The second-order valence-corrected chi connectivity index (χ2v) is 12.1. The molecule has 4 nitrogen and oxygen atoms in total. The minimum Gasteiger partial charge on any atom is -0.507 e. The zero-order valence-corrected chi connectivity index (χ0v) is 23.5. The Kier molecular flexibility index (Phi) is 8.61. The summed E-state index contributed by atoms with van der Waals surface area (Å²) in [6, 6.07) is 7.87. The number of phenolic OH excluding ortho intramolecular Hbond substituents is 1. The number of aromatic hydroxyl groups is 1. The molecular weight excluding hydrogens is 496 g/mol. The van der Waals surface area contributed by atoms with Gasteiger partial charge in [0, 0.05) is 28.1 Å². The van der Waals surface area contributed by atoms with Gasteiger partial charge in [-0.25, -0.2) is 0 Å². The maximum atomic E-state index is 13.5. The molecule has 1 aliphatic heterocycles. The van der Waals surface area contributed by atoms with Gasteiger partial charge in [0.1, 0.15) is 11.6 Å². The number of likely N-dealkylation sites (tertiary alicyclic amines) is 1. The minimum absolute atomic E-state index is 0. The van der Waals surface area contributed by atoms with Gasteiger partial charge in [-0.2, -0.15) is 0 Å². The van der Waals surface area contributed by atoms with E-state index in [9.17, 15) is 9.90 Å². The van der Waals surface area contributed by atoms with Crippen LogP contribution >= 0.6 is 28.3 Å². The third-order valence-electron chi connectivity index (χ3n) is 6.45. The molecule has 0 amide bonds. The fraction of sp³-hybridized carbons (Fsp3) is 0.556. The van der Waals surface area contributed by atoms with Crippen LogP contribution in [0.3, 0.4) is 0 Å². The Morgan fingerprint density at radius 1 is 1.15 bits per heavy atom. The molecule has 0 aliphatic carbocycles. The number of phenols is 1. The van der Waals surface area contributed by atoms with Crippen LogP contribution in [0.4, 0.5) is 0 Å². The van der Waals surface area contributed by atoms with E-state index in [1.54, 1.807) is 11.3 Å². The SMILES string of the molecule is Br.CCC[C@H]1CN(CC(=O)c2cc(C(C)(C)C)c(O)c(C(C)(C)C)c2)C(=N)[C@@H]1c1cccs1. The van der Waals surface area contributed by atoms with Crippen LogP contribution in [-0.2, 0) is 10.8 Å². The quantitative estimate of drug-likeness (QED) is 0.382. The van der Waals surface area contributed by atoms with Crippen LogP contribution in [0.5, 0.6) is 5.75 Å². The maximum absolute atomic E-state index is 13.5. The molecule has 33 heavy (non-hydrogen) atoms. The summed E-state index contributed by atoms with van der Waals surface area (Å²) in [4.78, 5) is 16.6. The summed E-state index contributed by atoms with van der Waals surface area (Å²) in [5.41, 5.74) is 1.65. The average molecular weight is 536 g/mol. The highest BCUT2D eigenvalue weighted by molar-refractivity contribution is 8.93. The van der Waals surface area contributed by atoms with Crippen LogP contribution in [0.1, 0.15) is 93.6 Å². The van der Waals surface area contributed by atoms with Gasteiger partial charge in [-0.05, 0) is 46.7 Å². The summed E-state index contributed by atoms with van der Waals surface area (Å²) < 4.78 is 0. The van der Waals surface area contributed by atoms with Gasteiger partial charge in [-0.3, -0.25) is 10.2 Å². The van der Waals surface area contributed by atoms with E-state index in [-0.39, 0.29) is 51.8 Å². The van der Waals surface area contributed by atoms with Gasteiger partial charge in [-0.1, -0.05) is 61.0 Å². The van der Waals surface area contributed by atoms with E-state index >= 15 is 0 Å². The van der Waals surface area contributed by atoms with E-state index in [1.165, 1.54) is 4.88 Å². The Hall–Kier alpha value is -1.66. The molecule has 0 spiro atoms. The molecule has 3 rings (SSSR count). The molecule has 2 heterocycles. The molecular formula is C27H39BrN2O2S. The number of rotatable bonds is 6. The van der Waals surface area contributed by atoms with Gasteiger partial charge >= 0.3 is 0 Å². The van der Waals surface area contributed by atoms with Gasteiger partial charge in [0.05, 0.1) is 12.5 Å². The number of Topliss-reactive ketones (excluding diaryl/α,β-unsaturated/α-hetero) is 1. The number of carbonyl (C=O) groups excluding carboxylic acids is 1. The van der Waals surface area contributed by atoms with Crippen LogP contribution in [0, 0.1) is 11.3 Å². The fourth-order valence-electron chi connectivity index (χ4n) is 4.72. The summed E-state index contributed by atoms with van der Waals surface area (Å²) in [6.07, 6.45) is 2.13. The van der Waals surface area contributed by atoms with E-state index in [0.717, 1.165) is 30.5 Å². The second kappa shape index (κ2) is 10.3. The first-order chi connectivity index (χ1) is 14.8. The zero-order valence-electron chi connectivity index (χ0n) is 21.0. The van der Waals surface area contributed by atoms with E-state index < -0.39 is 0 Å². The summed E-state index contributed by atoms with van der Waals surface area (Å²) in [5, 5.41) is 21.9. The minimum atomic E-state index is -0.281. The van der Waals surface area contributed by atoms with Gasteiger partial charge in [0.15, 0.2) is 5.78 Å². The van der Waals surface area contributed by atoms with Crippen molar-refractivity contribution in [2.45, 2.75) is 78.1 Å². The second-order valence-electron chi connectivity index (χ2n) is 11.2. The number of halogens is 1. The Labute approximate surface area is 213 Å². The molecule has 182 valence electrons. The Morgan fingerprint density at radius 2 is 1.73 bits per heavy atom. The summed E-state index contributed by atoms with van der Waals surface area (Å²) in [5.74, 6) is 1.31. The predicted molar refractivity (Wildman–Crippen MR) is 145 cm³/mol. The molecule has 1 aromatic heterocycles. The van der Waals surface area contributed by atoms with Crippen molar-refractivity contribution < 1.29 is 9.90 Å². The number of amidine groups is 1. The standard InChI is InChI=1S/C27H38N2O2S.BrH/c1-8-10-17-15-29(25(28)23(17)22-11-9-12-32-22)16-21(30)18-13-19(26(2,3)4)24(31)20(14-18)27(5,6)7;/h9,11-14,17,23,28,31H,8,10,15-16H2,1-7H3;1H/t17-,23-;/m0./s1. The number of thiophene rings is 1.